The van der Waals surface area contributed by atoms with E-state index in [-0.39, 0.29) is 30.2 Å². The summed E-state index contributed by atoms with van der Waals surface area (Å²) in [6.45, 7) is 0.613. The molecule has 2 rings (SSSR count). The lowest BCUT2D eigenvalue weighted by Gasteiger charge is -2.22. The van der Waals surface area contributed by atoms with Crippen LogP contribution in [0.15, 0.2) is 43.0 Å². The van der Waals surface area contributed by atoms with Crippen LogP contribution in [0, 0.1) is 11.3 Å². The topological polar surface area (TPSA) is 90.1 Å². The first-order valence-electron chi connectivity index (χ1n) is 6.40. The van der Waals surface area contributed by atoms with Crippen molar-refractivity contribution >= 4 is 5.91 Å². The van der Waals surface area contributed by atoms with Gasteiger partial charge in [0.25, 0.3) is 5.91 Å². The van der Waals surface area contributed by atoms with Crippen LogP contribution in [0.25, 0.3) is 0 Å². The van der Waals surface area contributed by atoms with Gasteiger partial charge in [-0.1, -0.05) is 6.07 Å². The molecule has 0 saturated heterocycles. The van der Waals surface area contributed by atoms with E-state index in [4.69, 9.17) is 5.26 Å². The lowest BCUT2D eigenvalue weighted by Crippen LogP contribution is -2.31. The molecule has 0 saturated carbocycles. The van der Waals surface area contributed by atoms with Crippen LogP contribution in [0.5, 0.6) is 5.75 Å². The molecule has 106 valence electrons. The van der Waals surface area contributed by atoms with Gasteiger partial charge >= 0.3 is 0 Å². The molecule has 0 aliphatic carbocycles. The molecule has 0 fully saturated rings. The van der Waals surface area contributed by atoms with Crippen LogP contribution >= 0.6 is 0 Å². The quantitative estimate of drug-likeness (QED) is 0.902. The van der Waals surface area contributed by atoms with E-state index in [0.29, 0.717) is 6.54 Å². The zero-order valence-corrected chi connectivity index (χ0v) is 11.3. The van der Waals surface area contributed by atoms with Gasteiger partial charge in [-0.25, -0.2) is 0 Å². The van der Waals surface area contributed by atoms with Gasteiger partial charge in [-0.2, -0.15) is 5.26 Å². The van der Waals surface area contributed by atoms with Gasteiger partial charge in [-0.15, -0.1) is 0 Å². The number of aromatic nitrogens is 2. The van der Waals surface area contributed by atoms with E-state index in [9.17, 15) is 9.90 Å². The summed E-state index contributed by atoms with van der Waals surface area (Å²) >= 11 is 0. The third kappa shape index (κ3) is 3.76. The smallest absolute Gasteiger partial charge is 0.258 e. The highest BCUT2D eigenvalue weighted by atomic mass is 16.3. The molecule has 6 nitrogen and oxygen atoms in total. The summed E-state index contributed by atoms with van der Waals surface area (Å²) in [5.41, 5.74) is 1.03. The molecule has 2 heterocycles. The predicted molar refractivity (Wildman–Crippen MR) is 75.1 cm³/mol. The first kappa shape index (κ1) is 14.5. The molecule has 21 heavy (non-hydrogen) atoms. The molecule has 1 N–H and O–H groups in total. The van der Waals surface area contributed by atoms with Crippen molar-refractivity contribution < 1.29 is 9.90 Å². The molecule has 0 spiro atoms. The van der Waals surface area contributed by atoms with Gasteiger partial charge in [0.2, 0.25) is 0 Å². The maximum atomic E-state index is 12.5. The number of aromatic hydroxyl groups is 1. The minimum absolute atomic E-state index is 0.171. The van der Waals surface area contributed by atoms with Crippen molar-refractivity contribution in [3.05, 3.63) is 54.1 Å². The van der Waals surface area contributed by atoms with Crippen molar-refractivity contribution in [1.29, 1.82) is 5.26 Å². The number of rotatable bonds is 5. The summed E-state index contributed by atoms with van der Waals surface area (Å²) in [4.78, 5) is 21.7. The maximum absolute atomic E-state index is 12.5. The van der Waals surface area contributed by atoms with Crippen molar-refractivity contribution in [3.8, 4) is 11.8 Å². The Hall–Kier alpha value is -2.94. The highest BCUT2D eigenvalue weighted by Crippen LogP contribution is 2.18. The Morgan fingerprint density at radius 1 is 1.29 bits per heavy atom. The monoisotopic (exact) mass is 282 g/mol. The summed E-state index contributed by atoms with van der Waals surface area (Å²) in [6.07, 6.45) is 6.20. The number of carbonyl (C=O) groups is 1. The van der Waals surface area contributed by atoms with E-state index >= 15 is 0 Å². The third-order valence-electron chi connectivity index (χ3n) is 2.91. The summed E-state index contributed by atoms with van der Waals surface area (Å²) in [5, 5.41) is 18.5. The predicted octanol–water partition coefficient (Wildman–Crippen LogP) is 1.74. The molecule has 2 aromatic rings. The second-order valence-electron chi connectivity index (χ2n) is 4.39. The average molecular weight is 282 g/mol. The van der Waals surface area contributed by atoms with Crippen LogP contribution in [0.3, 0.4) is 0 Å². The fourth-order valence-corrected chi connectivity index (χ4v) is 1.89. The number of nitrogens with zero attached hydrogens (tertiary/aromatic N) is 4. The first-order chi connectivity index (χ1) is 10.2. The van der Waals surface area contributed by atoms with Crippen molar-refractivity contribution in [2.24, 2.45) is 0 Å². The van der Waals surface area contributed by atoms with E-state index in [1.165, 1.54) is 23.4 Å². The zero-order valence-electron chi connectivity index (χ0n) is 11.3. The van der Waals surface area contributed by atoms with Crippen LogP contribution in [-0.4, -0.2) is 32.4 Å². The molecular weight excluding hydrogens is 268 g/mol. The van der Waals surface area contributed by atoms with Crippen LogP contribution in [0.1, 0.15) is 22.3 Å². The molecular formula is C15H14N4O2. The van der Waals surface area contributed by atoms with E-state index in [1.54, 1.807) is 18.5 Å². The van der Waals surface area contributed by atoms with E-state index in [0.717, 1.165) is 5.56 Å². The number of hydrogen-bond acceptors (Lipinski definition) is 5. The van der Waals surface area contributed by atoms with Gasteiger partial charge in [0, 0.05) is 31.7 Å². The summed E-state index contributed by atoms with van der Waals surface area (Å²) in [6, 6.07) is 7.12. The van der Waals surface area contributed by atoms with Crippen LogP contribution in [-0.2, 0) is 6.54 Å². The molecule has 0 aliphatic rings. The highest BCUT2D eigenvalue weighted by molar-refractivity contribution is 5.96. The molecule has 0 bridgehead atoms. The lowest BCUT2D eigenvalue weighted by molar-refractivity contribution is 0.0743. The van der Waals surface area contributed by atoms with Crippen LogP contribution in [0.4, 0.5) is 0 Å². The molecule has 0 radical (unpaired) electrons. The summed E-state index contributed by atoms with van der Waals surface area (Å²) in [7, 11) is 0. The van der Waals surface area contributed by atoms with Gasteiger partial charge in [-0.3, -0.25) is 14.8 Å². The minimum Gasteiger partial charge on any atom is -0.505 e. The molecule has 1 amide bonds. The number of pyridine rings is 2. The maximum Gasteiger partial charge on any atom is 0.258 e. The Bertz CT molecular complexity index is 652. The summed E-state index contributed by atoms with van der Waals surface area (Å²) < 4.78 is 0. The van der Waals surface area contributed by atoms with Crippen LogP contribution < -0.4 is 0 Å². The van der Waals surface area contributed by atoms with Gasteiger partial charge in [0.1, 0.15) is 5.75 Å². The van der Waals surface area contributed by atoms with Gasteiger partial charge in [0.15, 0.2) is 0 Å². The van der Waals surface area contributed by atoms with Gasteiger partial charge < -0.3 is 10.0 Å². The van der Waals surface area contributed by atoms with Crippen LogP contribution in [0.2, 0.25) is 0 Å². The molecule has 0 atom stereocenters. The van der Waals surface area contributed by atoms with E-state index in [1.807, 2.05) is 12.1 Å². The third-order valence-corrected chi connectivity index (χ3v) is 2.91. The largest absolute Gasteiger partial charge is 0.505 e. The lowest BCUT2D eigenvalue weighted by atomic mass is 10.2. The first-order valence-corrected chi connectivity index (χ1v) is 6.40. The molecule has 0 unspecified atom stereocenters. The minimum atomic E-state index is -0.339. The average Bonchev–Trinajstić information content (AvgIpc) is 2.52. The van der Waals surface area contributed by atoms with E-state index in [2.05, 4.69) is 9.97 Å². The second kappa shape index (κ2) is 7.01. The Kier molecular flexibility index (Phi) is 4.83. The van der Waals surface area contributed by atoms with Crippen molar-refractivity contribution in [3.63, 3.8) is 0 Å². The number of nitriles is 1. The highest BCUT2D eigenvalue weighted by Gasteiger charge is 2.19. The molecule has 0 aliphatic heterocycles. The van der Waals surface area contributed by atoms with Crippen molar-refractivity contribution in [2.45, 2.75) is 13.0 Å². The molecule has 6 heteroatoms. The standard InChI is InChI=1S/C15H14N4O2/c16-5-2-8-19(11-12-3-1-6-17-9-12)15(21)13-4-7-18-10-14(13)20/h1,3-4,6-7,9-10,20H,2,8,11H2. The summed E-state index contributed by atoms with van der Waals surface area (Å²) in [5.74, 6) is -0.510. The van der Waals surface area contributed by atoms with E-state index < -0.39 is 0 Å². The second-order valence-corrected chi connectivity index (χ2v) is 4.39. The van der Waals surface area contributed by atoms with Gasteiger partial charge in [-0.05, 0) is 17.7 Å². The Morgan fingerprint density at radius 3 is 2.76 bits per heavy atom. The Labute approximate surface area is 122 Å². The SMILES string of the molecule is N#CCCN(Cc1cccnc1)C(=O)c1ccncc1O. The number of carbonyl (C=O) groups excluding carboxylic acids is 1. The zero-order chi connectivity index (χ0) is 15.1. The normalized spacial score (nSPS) is 9.86. The number of hydrogen-bond donors (Lipinski definition) is 1. The molecule has 0 aromatic carbocycles. The van der Waals surface area contributed by atoms with Gasteiger partial charge in [0.05, 0.1) is 24.3 Å². The fraction of sp³-hybridized carbons (Fsp3) is 0.200. The van der Waals surface area contributed by atoms with Crippen molar-refractivity contribution in [1.82, 2.24) is 14.9 Å². The number of amides is 1. The van der Waals surface area contributed by atoms with Crippen molar-refractivity contribution in [2.75, 3.05) is 6.54 Å². The Morgan fingerprint density at radius 2 is 2.10 bits per heavy atom. The Balaban J connectivity index is 2.21. The molecule has 2 aromatic heterocycles. The fourth-order valence-electron chi connectivity index (χ4n) is 1.89.